The van der Waals surface area contributed by atoms with Crippen LogP contribution in [-0.4, -0.2) is 85.3 Å². The van der Waals surface area contributed by atoms with Gasteiger partial charge in [-0.2, -0.15) is 15.5 Å². The standard InChI is InChI=1S/C33H34FN7O3/c1-39(12-11-35)31(37-28-9-7-27(8-10-28)33(42)21-43-22-33)19-40-15-25-17-41(18-26(25)16-40)30-3-2-4-32(38-30)44-20-24-6-5-23(14-36)13-29(24)34/h2-10,13,25-26,42H,12,15-22H2,1H3. The number of nitrogens with zero attached hydrogens (tertiary/aromatic N) is 7. The summed E-state index contributed by atoms with van der Waals surface area (Å²) in [6.45, 7) is 5.09. The number of benzene rings is 2. The molecule has 0 spiro atoms. The summed E-state index contributed by atoms with van der Waals surface area (Å²) in [6.07, 6.45) is 0. The van der Waals surface area contributed by atoms with Crippen LogP contribution in [0.3, 0.4) is 0 Å². The van der Waals surface area contributed by atoms with Crippen molar-refractivity contribution in [3.8, 4) is 18.0 Å². The molecule has 1 aromatic heterocycles. The van der Waals surface area contributed by atoms with Crippen LogP contribution in [0.5, 0.6) is 5.88 Å². The molecule has 3 aliphatic rings. The van der Waals surface area contributed by atoms with Crippen molar-refractivity contribution in [2.75, 3.05) is 64.4 Å². The number of aliphatic imine (C=N–C) groups is 1. The van der Waals surface area contributed by atoms with Crippen LogP contribution in [0.25, 0.3) is 0 Å². The van der Waals surface area contributed by atoms with E-state index in [4.69, 9.17) is 19.7 Å². The predicted octanol–water partition coefficient (Wildman–Crippen LogP) is 3.44. The van der Waals surface area contributed by atoms with E-state index in [1.165, 1.54) is 6.07 Å². The van der Waals surface area contributed by atoms with Gasteiger partial charge < -0.3 is 24.4 Å². The number of hydrogen-bond acceptors (Lipinski definition) is 9. The smallest absolute Gasteiger partial charge is 0.215 e. The van der Waals surface area contributed by atoms with E-state index in [1.807, 2.05) is 54.4 Å². The number of rotatable bonds is 9. The monoisotopic (exact) mass is 595 g/mol. The topological polar surface area (TPSA) is 121 Å². The minimum Gasteiger partial charge on any atom is -0.473 e. The number of fused-ring (bicyclic) bond motifs is 1. The Morgan fingerprint density at radius 2 is 1.86 bits per heavy atom. The van der Waals surface area contributed by atoms with Crippen LogP contribution < -0.4 is 9.64 Å². The van der Waals surface area contributed by atoms with Crippen molar-refractivity contribution in [1.29, 1.82) is 10.5 Å². The molecule has 3 aliphatic heterocycles. The van der Waals surface area contributed by atoms with E-state index >= 15 is 0 Å². The molecule has 3 saturated heterocycles. The van der Waals surface area contributed by atoms with Crippen molar-refractivity contribution in [1.82, 2.24) is 14.8 Å². The van der Waals surface area contributed by atoms with Gasteiger partial charge in [0.25, 0.3) is 0 Å². The van der Waals surface area contributed by atoms with E-state index in [0.717, 1.165) is 49.1 Å². The number of hydrogen-bond donors (Lipinski definition) is 1. The van der Waals surface area contributed by atoms with Gasteiger partial charge in [-0.1, -0.05) is 24.3 Å². The number of halogens is 1. The lowest BCUT2D eigenvalue weighted by molar-refractivity contribution is -0.184. The zero-order chi connectivity index (χ0) is 30.7. The normalized spacial score (nSPS) is 20.8. The van der Waals surface area contributed by atoms with E-state index in [2.05, 4.69) is 20.9 Å². The highest BCUT2D eigenvalue weighted by molar-refractivity contribution is 5.86. The molecular formula is C33H34FN7O3. The first kappa shape index (κ1) is 29.5. The fourth-order valence-corrected chi connectivity index (χ4v) is 6.05. The predicted molar refractivity (Wildman–Crippen MR) is 162 cm³/mol. The maximum Gasteiger partial charge on any atom is 0.215 e. The Bertz CT molecular complexity index is 1600. The second-order valence-corrected chi connectivity index (χ2v) is 11.8. The van der Waals surface area contributed by atoms with Crippen LogP contribution in [0.2, 0.25) is 0 Å². The van der Waals surface area contributed by atoms with Crippen molar-refractivity contribution in [3.05, 3.63) is 83.2 Å². The van der Waals surface area contributed by atoms with E-state index in [1.54, 1.807) is 18.2 Å². The average Bonchev–Trinajstić information content (AvgIpc) is 3.59. The second kappa shape index (κ2) is 12.6. The number of likely N-dealkylation sites (N-methyl/N-ethyl adjacent to an activating group) is 1. The van der Waals surface area contributed by atoms with Crippen molar-refractivity contribution in [2.45, 2.75) is 12.2 Å². The average molecular weight is 596 g/mol. The third-order valence-corrected chi connectivity index (χ3v) is 8.61. The molecule has 0 amide bonds. The lowest BCUT2D eigenvalue weighted by Gasteiger charge is -2.36. The Hall–Kier alpha value is -4.55. The zero-order valence-electron chi connectivity index (χ0n) is 24.6. The molecule has 1 N–H and O–H groups in total. The van der Waals surface area contributed by atoms with E-state index < -0.39 is 11.4 Å². The Kier molecular flexibility index (Phi) is 8.45. The summed E-state index contributed by atoms with van der Waals surface area (Å²) < 4.78 is 25.2. The minimum absolute atomic E-state index is 0.0274. The lowest BCUT2D eigenvalue weighted by Crippen LogP contribution is -2.46. The number of likely N-dealkylation sites (tertiary alicyclic amines) is 1. The zero-order valence-corrected chi connectivity index (χ0v) is 24.6. The maximum absolute atomic E-state index is 14.3. The molecule has 0 bridgehead atoms. The van der Waals surface area contributed by atoms with E-state index in [0.29, 0.717) is 43.0 Å². The van der Waals surface area contributed by atoms with E-state index in [-0.39, 0.29) is 18.7 Å². The number of ether oxygens (including phenoxy) is 2. The van der Waals surface area contributed by atoms with Crippen LogP contribution in [0, 0.1) is 40.3 Å². The van der Waals surface area contributed by atoms with Gasteiger partial charge in [-0.15, -0.1) is 0 Å². The van der Waals surface area contributed by atoms with Crippen LogP contribution in [0.1, 0.15) is 16.7 Å². The Labute approximate surface area is 256 Å². The summed E-state index contributed by atoms with van der Waals surface area (Å²) in [5.41, 5.74) is 1.32. The summed E-state index contributed by atoms with van der Waals surface area (Å²) in [5, 5.41) is 28.8. The number of anilines is 1. The molecule has 3 fully saturated rings. The first-order valence-electron chi connectivity index (χ1n) is 14.7. The number of amidine groups is 1. The van der Waals surface area contributed by atoms with Crippen LogP contribution >= 0.6 is 0 Å². The molecule has 44 heavy (non-hydrogen) atoms. The summed E-state index contributed by atoms with van der Waals surface area (Å²) in [6, 6.07) is 21.7. The molecule has 4 heterocycles. The fourth-order valence-electron chi connectivity index (χ4n) is 6.05. The third-order valence-electron chi connectivity index (χ3n) is 8.61. The first-order chi connectivity index (χ1) is 21.3. The minimum atomic E-state index is -0.917. The quantitative estimate of drug-likeness (QED) is 0.225. The highest BCUT2D eigenvalue weighted by atomic mass is 19.1. The van der Waals surface area contributed by atoms with Gasteiger partial charge in [0.05, 0.1) is 43.1 Å². The van der Waals surface area contributed by atoms with Gasteiger partial charge in [0.2, 0.25) is 5.88 Å². The first-order valence-corrected chi connectivity index (χ1v) is 14.7. The van der Waals surface area contributed by atoms with Crippen molar-refractivity contribution < 1.29 is 19.0 Å². The molecule has 2 unspecified atom stereocenters. The van der Waals surface area contributed by atoms with Crippen LogP contribution in [0.4, 0.5) is 15.9 Å². The highest BCUT2D eigenvalue weighted by Gasteiger charge is 2.41. The molecule has 2 atom stereocenters. The lowest BCUT2D eigenvalue weighted by atomic mass is 9.92. The van der Waals surface area contributed by atoms with Gasteiger partial charge in [0, 0.05) is 44.9 Å². The number of pyridine rings is 1. The molecule has 6 rings (SSSR count). The van der Waals surface area contributed by atoms with Gasteiger partial charge in [-0.25, -0.2) is 9.38 Å². The summed E-state index contributed by atoms with van der Waals surface area (Å²) in [4.78, 5) is 16.1. The fraction of sp³-hybridized carbons (Fsp3) is 0.394. The van der Waals surface area contributed by atoms with Crippen LogP contribution in [-0.2, 0) is 16.9 Å². The van der Waals surface area contributed by atoms with Gasteiger partial charge in [0.15, 0.2) is 0 Å². The van der Waals surface area contributed by atoms with Gasteiger partial charge in [-0.3, -0.25) is 4.90 Å². The second-order valence-electron chi connectivity index (χ2n) is 11.8. The maximum atomic E-state index is 14.3. The summed E-state index contributed by atoms with van der Waals surface area (Å²) in [5.74, 6) is 2.56. The van der Waals surface area contributed by atoms with Crippen LogP contribution in [0.15, 0.2) is 65.7 Å². The SMILES string of the molecule is CN(CC#N)C(CN1CC2CN(c3cccc(OCc4ccc(C#N)cc4F)n3)CC2C1)=Nc1ccc(C2(O)COC2)cc1. The van der Waals surface area contributed by atoms with Crippen molar-refractivity contribution in [2.24, 2.45) is 16.8 Å². The molecule has 10 nitrogen and oxygen atoms in total. The number of nitriles is 2. The highest BCUT2D eigenvalue weighted by Crippen LogP contribution is 2.34. The largest absolute Gasteiger partial charge is 0.473 e. The summed E-state index contributed by atoms with van der Waals surface area (Å²) in [7, 11) is 1.89. The molecule has 11 heteroatoms. The molecule has 0 radical (unpaired) electrons. The Morgan fingerprint density at radius 3 is 2.50 bits per heavy atom. The molecule has 3 aromatic rings. The number of aromatic nitrogens is 1. The Morgan fingerprint density at radius 1 is 1.11 bits per heavy atom. The van der Waals surface area contributed by atoms with Gasteiger partial charge in [0.1, 0.15) is 36.2 Å². The molecule has 0 aliphatic carbocycles. The van der Waals surface area contributed by atoms with Gasteiger partial charge in [-0.05, 0) is 47.7 Å². The molecule has 0 saturated carbocycles. The Balaban J connectivity index is 1.06. The summed E-state index contributed by atoms with van der Waals surface area (Å²) >= 11 is 0. The van der Waals surface area contributed by atoms with Gasteiger partial charge >= 0.3 is 0 Å². The van der Waals surface area contributed by atoms with Crippen molar-refractivity contribution >= 4 is 17.3 Å². The third kappa shape index (κ3) is 6.36. The molecule has 226 valence electrons. The number of aliphatic hydroxyl groups is 1. The van der Waals surface area contributed by atoms with E-state index in [9.17, 15) is 14.8 Å². The van der Waals surface area contributed by atoms with Crippen molar-refractivity contribution in [3.63, 3.8) is 0 Å². The molecule has 2 aromatic carbocycles. The molecular weight excluding hydrogens is 561 g/mol.